The fourth-order valence-corrected chi connectivity index (χ4v) is 2.98. The van der Waals surface area contributed by atoms with E-state index in [9.17, 15) is 0 Å². The van der Waals surface area contributed by atoms with Crippen molar-refractivity contribution in [3.63, 3.8) is 0 Å². The Balaban J connectivity index is 1.52. The Morgan fingerprint density at radius 3 is 2.14 bits per heavy atom. The van der Waals surface area contributed by atoms with Gasteiger partial charge in [-0.25, -0.2) is 0 Å². The minimum Gasteiger partial charge on any atom is -0.369 e. The average Bonchev–Trinajstić information content (AvgIpc) is 3.30. The van der Waals surface area contributed by atoms with Gasteiger partial charge in [0.05, 0.1) is 0 Å². The number of benzene rings is 1. The van der Waals surface area contributed by atoms with E-state index in [4.69, 9.17) is 0 Å². The van der Waals surface area contributed by atoms with Gasteiger partial charge in [-0.3, -0.25) is 4.90 Å². The van der Waals surface area contributed by atoms with Crippen molar-refractivity contribution in [1.82, 2.24) is 10.2 Å². The first-order valence-corrected chi connectivity index (χ1v) is 8.34. The minimum absolute atomic E-state index is 0.178. The normalized spacial score (nSPS) is 20.8. The van der Waals surface area contributed by atoms with Gasteiger partial charge in [0.25, 0.3) is 0 Å². The summed E-state index contributed by atoms with van der Waals surface area (Å²) in [5.74, 6) is 0. The molecular weight excluding hydrogens is 258 g/mol. The summed E-state index contributed by atoms with van der Waals surface area (Å²) in [7, 11) is 0. The van der Waals surface area contributed by atoms with Crippen molar-refractivity contribution >= 4 is 5.69 Å². The Bertz CT molecular complexity index is 448. The number of hydrogen-bond acceptors (Lipinski definition) is 3. The molecule has 3 rings (SSSR count). The van der Waals surface area contributed by atoms with Crippen LogP contribution < -0.4 is 10.2 Å². The fourth-order valence-electron chi connectivity index (χ4n) is 2.98. The predicted octanol–water partition coefficient (Wildman–Crippen LogP) is 2.86. The molecule has 1 aliphatic heterocycles. The van der Waals surface area contributed by atoms with Crippen LogP contribution in [0.3, 0.4) is 0 Å². The molecule has 0 atom stereocenters. The van der Waals surface area contributed by atoms with Crippen molar-refractivity contribution in [2.75, 3.05) is 31.1 Å². The van der Waals surface area contributed by atoms with Gasteiger partial charge in [-0.15, -0.1) is 0 Å². The van der Waals surface area contributed by atoms with Crippen molar-refractivity contribution in [1.29, 1.82) is 0 Å². The summed E-state index contributed by atoms with van der Waals surface area (Å²) in [6.45, 7) is 12.4. The van der Waals surface area contributed by atoms with Crippen molar-refractivity contribution in [2.24, 2.45) is 0 Å². The van der Waals surface area contributed by atoms with Crippen LogP contribution in [0.4, 0.5) is 5.69 Å². The summed E-state index contributed by atoms with van der Waals surface area (Å²) in [4.78, 5) is 5.19. The molecule has 3 heteroatoms. The lowest BCUT2D eigenvalue weighted by molar-refractivity contribution is 0.248. The zero-order chi connectivity index (χ0) is 14.9. The number of nitrogens with one attached hydrogen (secondary N) is 1. The molecule has 116 valence electrons. The third-order valence-electron chi connectivity index (χ3n) is 4.50. The fraction of sp³-hybridized carbons (Fsp3) is 0.667. The molecule has 0 unspecified atom stereocenters. The van der Waals surface area contributed by atoms with Crippen LogP contribution in [-0.4, -0.2) is 42.7 Å². The van der Waals surface area contributed by atoms with E-state index < -0.39 is 0 Å². The molecule has 2 fully saturated rings. The maximum Gasteiger partial charge on any atom is 0.0367 e. The molecule has 2 aliphatic rings. The maximum absolute atomic E-state index is 3.54. The SMILES string of the molecule is CC(C)(C)NCc1ccc(N2CCN(C3CC3)CC2)cc1. The Morgan fingerprint density at radius 1 is 1.00 bits per heavy atom. The molecule has 1 heterocycles. The first-order chi connectivity index (χ1) is 10.0. The molecule has 3 nitrogen and oxygen atoms in total. The Morgan fingerprint density at radius 2 is 1.62 bits per heavy atom. The van der Waals surface area contributed by atoms with Gasteiger partial charge in [0, 0.05) is 50.0 Å². The minimum atomic E-state index is 0.178. The van der Waals surface area contributed by atoms with Gasteiger partial charge in [0.15, 0.2) is 0 Å². The van der Waals surface area contributed by atoms with E-state index in [0.717, 1.165) is 12.6 Å². The van der Waals surface area contributed by atoms with Gasteiger partial charge in [0.1, 0.15) is 0 Å². The number of nitrogens with zero attached hydrogens (tertiary/aromatic N) is 2. The van der Waals surface area contributed by atoms with Crippen LogP contribution in [0.1, 0.15) is 39.2 Å². The molecule has 1 aliphatic carbocycles. The van der Waals surface area contributed by atoms with Crippen molar-refractivity contribution in [3.05, 3.63) is 29.8 Å². The van der Waals surface area contributed by atoms with Crippen molar-refractivity contribution in [2.45, 2.75) is 51.7 Å². The third kappa shape index (κ3) is 4.21. The van der Waals surface area contributed by atoms with Gasteiger partial charge in [-0.2, -0.15) is 0 Å². The highest BCUT2D eigenvalue weighted by Crippen LogP contribution is 2.28. The average molecular weight is 287 g/mol. The lowest BCUT2D eigenvalue weighted by Gasteiger charge is -2.36. The number of hydrogen-bond donors (Lipinski definition) is 1. The molecule has 0 aromatic heterocycles. The first kappa shape index (κ1) is 14.9. The van der Waals surface area contributed by atoms with Crippen LogP contribution in [0.2, 0.25) is 0 Å². The standard InChI is InChI=1S/C18H29N3/c1-18(2,3)19-14-15-4-6-16(7-5-15)20-10-12-21(13-11-20)17-8-9-17/h4-7,17,19H,8-14H2,1-3H3. The smallest absolute Gasteiger partial charge is 0.0367 e. The first-order valence-electron chi connectivity index (χ1n) is 8.34. The summed E-state index contributed by atoms with van der Waals surface area (Å²) >= 11 is 0. The lowest BCUT2D eigenvalue weighted by Crippen LogP contribution is -2.47. The molecule has 0 radical (unpaired) electrons. The molecule has 1 saturated carbocycles. The highest BCUT2D eigenvalue weighted by Gasteiger charge is 2.31. The summed E-state index contributed by atoms with van der Waals surface area (Å²) in [5.41, 5.74) is 2.92. The van der Waals surface area contributed by atoms with Crippen LogP contribution in [0.15, 0.2) is 24.3 Å². The third-order valence-corrected chi connectivity index (χ3v) is 4.50. The van der Waals surface area contributed by atoms with E-state index in [0.29, 0.717) is 0 Å². The topological polar surface area (TPSA) is 18.5 Å². The molecular formula is C18H29N3. The number of piperazine rings is 1. The highest BCUT2D eigenvalue weighted by molar-refractivity contribution is 5.48. The van der Waals surface area contributed by atoms with Crippen LogP contribution in [-0.2, 0) is 6.54 Å². The summed E-state index contributed by atoms with van der Waals surface area (Å²) in [6, 6.07) is 10.0. The second kappa shape index (κ2) is 5.98. The molecule has 0 spiro atoms. The lowest BCUT2D eigenvalue weighted by atomic mass is 10.1. The summed E-state index contributed by atoms with van der Waals surface area (Å²) in [6.07, 6.45) is 2.85. The van der Waals surface area contributed by atoms with Crippen LogP contribution in [0, 0.1) is 0 Å². The van der Waals surface area contributed by atoms with Gasteiger partial charge in [-0.05, 0) is 51.3 Å². The van der Waals surface area contributed by atoms with E-state index >= 15 is 0 Å². The summed E-state index contributed by atoms with van der Waals surface area (Å²) < 4.78 is 0. The number of anilines is 1. The Labute approximate surface area is 129 Å². The maximum atomic E-state index is 3.54. The van der Waals surface area contributed by atoms with Gasteiger partial charge in [0.2, 0.25) is 0 Å². The predicted molar refractivity (Wildman–Crippen MR) is 89.8 cm³/mol. The van der Waals surface area contributed by atoms with Gasteiger partial charge >= 0.3 is 0 Å². The van der Waals surface area contributed by atoms with E-state index in [1.165, 1.54) is 50.3 Å². The summed E-state index contributed by atoms with van der Waals surface area (Å²) in [5, 5.41) is 3.54. The zero-order valence-electron chi connectivity index (χ0n) is 13.7. The monoisotopic (exact) mass is 287 g/mol. The van der Waals surface area contributed by atoms with E-state index in [-0.39, 0.29) is 5.54 Å². The van der Waals surface area contributed by atoms with Gasteiger partial charge in [-0.1, -0.05) is 12.1 Å². The van der Waals surface area contributed by atoms with Crippen LogP contribution in [0.25, 0.3) is 0 Å². The van der Waals surface area contributed by atoms with E-state index in [1.54, 1.807) is 0 Å². The molecule has 1 N–H and O–H groups in total. The molecule has 0 amide bonds. The quantitative estimate of drug-likeness (QED) is 0.918. The Kier molecular flexibility index (Phi) is 4.23. The molecule has 1 aromatic rings. The van der Waals surface area contributed by atoms with Crippen molar-refractivity contribution < 1.29 is 0 Å². The van der Waals surface area contributed by atoms with Gasteiger partial charge < -0.3 is 10.2 Å². The van der Waals surface area contributed by atoms with E-state index in [2.05, 4.69) is 60.2 Å². The molecule has 21 heavy (non-hydrogen) atoms. The van der Waals surface area contributed by atoms with Crippen LogP contribution in [0.5, 0.6) is 0 Å². The van der Waals surface area contributed by atoms with Crippen molar-refractivity contribution in [3.8, 4) is 0 Å². The Hall–Kier alpha value is -1.06. The van der Waals surface area contributed by atoms with E-state index in [1.807, 2.05) is 0 Å². The largest absolute Gasteiger partial charge is 0.369 e. The van der Waals surface area contributed by atoms with Crippen LogP contribution >= 0.6 is 0 Å². The zero-order valence-corrected chi connectivity index (χ0v) is 13.7. The number of rotatable bonds is 4. The second-order valence-corrected chi connectivity index (χ2v) is 7.52. The highest BCUT2D eigenvalue weighted by atomic mass is 15.3. The molecule has 0 bridgehead atoms. The molecule has 1 saturated heterocycles. The molecule has 1 aromatic carbocycles. The second-order valence-electron chi connectivity index (χ2n) is 7.52.